The summed E-state index contributed by atoms with van der Waals surface area (Å²) in [5.74, 6) is -0.101. The summed E-state index contributed by atoms with van der Waals surface area (Å²) in [5.41, 5.74) is 0.243. The van der Waals surface area contributed by atoms with E-state index in [1.165, 1.54) is 30.2 Å². The maximum atomic E-state index is 13.7. The van der Waals surface area contributed by atoms with Gasteiger partial charge in [-0.05, 0) is 42.4 Å². The Hall–Kier alpha value is -3.00. The van der Waals surface area contributed by atoms with Gasteiger partial charge in [0.25, 0.3) is 0 Å². The molecule has 3 heterocycles. The van der Waals surface area contributed by atoms with Crippen LogP contribution in [-0.2, 0) is 4.79 Å². The van der Waals surface area contributed by atoms with Crippen LogP contribution in [-0.4, -0.2) is 50.7 Å². The highest BCUT2D eigenvalue weighted by Crippen LogP contribution is 2.31. The highest BCUT2D eigenvalue weighted by molar-refractivity contribution is 7.99. The third-order valence-corrected chi connectivity index (χ3v) is 5.90. The van der Waals surface area contributed by atoms with Crippen molar-refractivity contribution < 1.29 is 22.4 Å². The number of hydrogen-bond acceptors (Lipinski definition) is 9. The highest BCUT2D eigenvalue weighted by Gasteiger charge is 2.31. The van der Waals surface area contributed by atoms with E-state index in [-0.39, 0.29) is 12.2 Å². The summed E-state index contributed by atoms with van der Waals surface area (Å²) >= 11 is 2.38. The van der Waals surface area contributed by atoms with Crippen molar-refractivity contribution in [2.45, 2.75) is 35.2 Å². The molecule has 1 saturated heterocycles. The lowest BCUT2D eigenvalue weighted by molar-refractivity contribution is -0.150. The normalized spacial score (nSPS) is 16.1. The van der Waals surface area contributed by atoms with Gasteiger partial charge in [-0.1, -0.05) is 0 Å². The number of rotatable bonds is 7. The Morgan fingerprint density at radius 2 is 2.03 bits per heavy atom. The third kappa shape index (κ3) is 6.74. The Balaban J connectivity index is 1.49. The average Bonchev–Trinajstić information content (AvgIpc) is 3.40. The topological polar surface area (TPSA) is 95.9 Å². The Kier molecular flexibility index (Phi) is 6.93. The number of benzene rings is 1. The largest absolute Gasteiger partial charge is 0.397 e. The van der Waals surface area contributed by atoms with Crippen molar-refractivity contribution in [3.63, 3.8) is 0 Å². The average molecular weight is 500 g/mol. The second-order valence-electron chi connectivity index (χ2n) is 7.06. The zero-order valence-electron chi connectivity index (χ0n) is 16.8. The van der Waals surface area contributed by atoms with Crippen LogP contribution in [0.4, 0.5) is 40.0 Å². The first-order chi connectivity index (χ1) is 15.7. The molecule has 1 fully saturated rings. The van der Waals surface area contributed by atoms with Crippen molar-refractivity contribution >= 4 is 51.7 Å². The van der Waals surface area contributed by atoms with Crippen molar-refractivity contribution in [1.29, 1.82) is 0 Å². The van der Waals surface area contributed by atoms with E-state index < -0.39 is 24.7 Å². The molecular weight excluding hydrogens is 482 g/mol. The number of nitrogens with one attached hydrogen (secondary N) is 2. The van der Waals surface area contributed by atoms with Crippen molar-refractivity contribution in [3.8, 4) is 0 Å². The zero-order valence-corrected chi connectivity index (χ0v) is 18.5. The fourth-order valence-corrected chi connectivity index (χ4v) is 4.25. The van der Waals surface area contributed by atoms with Gasteiger partial charge in [-0.25, -0.2) is 19.3 Å². The molecule has 4 rings (SSSR count). The fraction of sp³-hybridized carbons (Fsp3) is 0.316. The Bertz CT molecular complexity index is 1100. The molecular formula is C19H17F4N7OS2. The quantitative estimate of drug-likeness (QED) is 0.358. The lowest BCUT2D eigenvalue weighted by Crippen LogP contribution is -2.21. The van der Waals surface area contributed by atoms with Crippen molar-refractivity contribution in [2.24, 2.45) is 0 Å². The molecule has 0 aliphatic carbocycles. The molecule has 2 aromatic heterocycles. The molecule has 0 spiro atoms. The van der Waals surface area contributed by atoms with Gasteiger partial charge in [0.05, 0.1) is 6.54 Å². The van der Waals surface area contributed by atoms with Crippen LogP contribution in [0, 0.1) is 0 Å². The first-order valence-electron chi connectivity index (χ1n) is 9.70. The highest BCUT2D eigenvalue weighted by atomic mass is 32.2. The van der Waals surface area contributed by atoms with Gasteiger partial charge in [-0.2, -0.15) is 17.5 Å². The number of halogens is 4. The molecule has 0 radical (unpaired) electrons. The van der Waals surface area contributed by atoms with E-state index in [2.05, 4.69) is 30.0 Å². The number of nitrogens with zero attached hydrogens (tertiary/aromatic N) is 5. The van der Waals surface area contributed by atoms with Crippen LogP contribution in [0.15, 0.2) is 46.7 Å². The molecule has 1 amide bonds. The van der Waals surface area contributed by atoms with Crippen LogP contribution in [0.1, 0.15) is 12.8 Å². The smallest absolute Gasteiger partial charge is 0.353 e. The molecule has 14 heteroatoms. The van der Waals surface area contributed by atoms with E-state index in [1.54, 1.807) is 18.2 Å². The Morgan fingerprint density at radius 3 is 2.67 bits per heavy atom. The summed E-state index contributed by atoms with van der Waals surface area (Å²) < 4.78 is 54.6. The van der Waals surface area contributed by atoms with E-state index in [0.29, 0.717) is 39.8 Å². The first-order valence-corrected chi connectivity index (χ1v) is 11.3. The number of amides is 1. The number of hydrogen-bond donors (Lipinski definition) is 2. The molecule has 3 aromatic rings. The van der Waals surface area contributed by atoms with Gasteiger partial charge in [0.1, 0.15) is 30.6 Å². The third-order valence-electron chi connectivity index (χ3n) is 4.45. The lowest BCUT2D eigenvalue weighted by atomic mass is 10.3. The van der Waals surface area contributed by atoms with Crippen molar-refractivity contribution in [3.05, 3.63) is 36.7 Å². The standard InChI is InChI=1S/C19H17F4N7OS2/c20-11-5-6-30(9-11)15-7-14(27-17-24-10-25-33-17)28-18(29-15)32-13-3-1-12(2-4-13)26-16(31)8-19(21,22)23/h1-4,7,10-11H,5-6,8-9H2,(H,26,31)(H,24,25,27,28,29)/t11-/m0/s1. The lowest BCUT2D eigenvalue weighted by Gasteiger charge is -2.18. The first kappa shape index (κ1) is 23.2. The zero-order chi connectivity index (χ0) is 23.4. The van der Waals surface area contributed by atoms with E-state index >= 15 is 0 Å². The van der Waals surface area contributed by atoms with Gasteiger partial charge in [-0.3, -0.25) is 4.79 Å². The summed E-state index contributed by atoms with van der Waals surface area (Å²) in [6.45, 7) is 0.776. The van der Waals surface area contributed by atoms with Crippen LogP contribution in [0.25, 0.3) is 0 Å². The van der Waals surface area contributed by atoms with Crippen LogP contribution in [0.2, 0.25) is 0 Å². The molecule has 0 saturated carbocycles. The monoisotopic (exact) mass is 499 g/mol. The van der Waals surface area contributed by atoms with Gasteiger partial charge >= 0.3 is 6.18 Å². The summed E-state index contributed by atoms with van der Waals surface area (Å²) in [4.78, 5) is 27.1. The minimum atomic E-state index is -4.57. The number of anilines is 4. The van der Waals surface area contributed by atoms with E-state index in [0.717, 1.165) is 11.5 Å². The van der Waals surface area contributed by atoms with Gasteiger partial charge in [-0.15, -0.1) is 0 Å². The molecule has 1 aliphatic heterocycles. The molecule has 174 valence electrons. The van der Waals surface area contributed by atoms with Gasteiger partial charge in [0.2, 0.25) is 11.0 Å². The number of carbonyl (C=O) groups is 1. The summed E-state index contributed by atoms with van der Waals surface area (Å²) in [6, 6.07) is 7.97. The number of alkyl halides is 4. The fourth-order valence-electron chi connectivity index (χ4n) is 3.05. The summed E-state index contributed by atoms with van der Waals surface area (Å²) in [6.07, 6.45) is -5.21. The van der Waals surface area contributed by atoms with Crippen LogP contribution in [0.5, 0.6) is 0 Å². The van der Waals surface area contributed by atoms with Gasteiger partial charge < -0.3 is 15.5 Å². The predicted molar refractivity (Wildman–Crippen MR) is 117 cm³/mol. The molecule has 1 aromatic carbocycles. The molecule has 0 bridgehead atoms. The SMILES string of the molecule is O=C(CC(F)(F)F)Nc1ccc(Sc2nc(Nc3ncns3)cc(N3CC[C@H](F)C3)n2)cc1. The van der Waals surface area contributed by atoms with Crippen molar-refractivity contribution in [2.75, 3.05) is 28.6 Å². The van der Waals surface area contributed by atoms with E-state index in [4.69, 9.17) is 0 Å². The minimum Gasteiger partial charge on any atom is -0.353 e. The number of aromatic nitrogens is 4. The Labute approximate surface area is 194 Å². The van der Waals surface area contributed by atoms with Crippen LogP contribution >= 0.6 is 23.3 Å². The Morgan fingerprint density at radius 1 is 1.24 bits per heavy atom. The maximum absolute atomic E-state index is 13.7. The van der Waals surface area contributed by atoms with Gasteiger partial charge in [0, 0.05) is 34.7 Å². The van der Waals surface area contributed by atoms with E-state index in [9.17, 15) is 22.4 Å². The molecule has 1 aliphatic rings. The molecule has 1 atom stereocenters. The van der Waals surface area contributed by atoms with E-state index in [1.807, 2.05) is 4.90 Å². The van der Waals surface area contributed by atoms with Crippen LogP contribution < -0.4 is 15.5 Å². The minimum absolute atomic E-state index is 0.242. The number of carbonyl (C=O) groups excluding carboxylic acids is 1. The summed E-state index contributed by atoms with van der Waals surface area (Å²) in [5, 5.41) is 6.19. The predicted octanol–water partition coefficient (Wildman–Crippen LogP) is 4.66. The molecule has 2 N–H and O–H groups in total. The van der Waals surface area contributed by atoms with Gasteiger partial charge in [0.15, 0.2) is 5.16 Å². The maximum Gasteiger partial charge on any atom is 0.397 e. The summed E-state index contributed by atoms with van der Waals surface area (Å²) in [7, 11) is 0. The second-order valence-corrected chi connectivity index (χ2v) is 8.88. The molecule has 8 nitrogen and oxygen atoms in total. The van der Waals surface area contributed by atoms with Crippen LogP contribution in [0.3, 0.4) is 0 Å². The van der Waals surface area contributed by atoms with Crippen molar-refractivity contribution in [1.82, 2.24) is 19.3 Å². The second kappa shape index (κ2) is 9.87. The molecule has 33 heavy (non-hydrogen) atoms. The molecule has 0 unspecified atom stereocenters.